The van der Waals surface area contributed by atoms with Gasteiger partial charge in [-0.15, -0.1) is 0 Å². The minimum absolute atomic E-state index is 0.0136. The van der Waals surface area contributed by atoms with Crippen molar-refractivity contribution in [2.75, 3.05) is 7.11 Å². The monoisotopic (exact) mass is 326 g/mol. The van der Waals surface area contributed by atoms with Gasteiger partial charge in [-0.3, -0.25) is 0 Å². The van der Waals surface area contributed by atoms with E-state index >= 15 is 0 Å². The zero-order valence-corrected chi connectivity index (χ0v) is 11.8. The van der Waals surface area contributed by atoms with Gasteiger partial charge in [0, 0.05) is 16.9 Å². The van der Waals surface area contributed by atoms with Gasteiger partial charge in [0.05, 0.1) is 7.11 Å². The lowest BCUT2D eigenvalue weighted by atomic mass is 10.1. The third-order valence-electron chi connectivity index (χ3n) is 3.28. The maximum absolute atomic E-state index is 12.0. The van der Waals surface area contributed by atoms with E-state index in [2.05, 4.69) is 20.7 Å². The quantitative estimate of drug-likeness (QED) is 0.767. The molecule has 2 heterocycles. The van der Waals surface area contributed by atoms with Gasteiger partial charge in [0.1, 0.15) is 0 Å². The summed E-state index contributed by atoms with van der Waals surface area (Å²) in [6, 6.07) is -0.0273. The van der Waals surface area contributed by atoms with Gasteiger partial charge in [0.2, 0.25) is 0 Å². The summed E-state index contributed by atoms with van der Waals surface area (Å²) >= 11 is 3.53. The summed E-state index contributed by atoms with van der Waals surface area (Å²) in [6.45, 7) is 0. The fourth-order valence-corrected chi connectivity index (χ4v) is 5.09. The van der Waals surface area contributed by atoms with E-state index in [1.54, 1.807) is 0 Å². The molecular weight excluding hydrogens is 312 g/mol. The Hall–Kier alpha value is -0.340. The number of hydrogen-bond acceptors (Lipinski definition) is 4. The summed E-state index contributed by atoms with van der Waals surface area (Å²) < 4.78 is 31.7. The first-order valence-corrected chi connectivity index (χ1v) is 7.83. The third kappa shape index (κ3) is 2.58. The number of alkyl halides is 1. The molecule has 2 rings (SSSR count). The molecule has 0 aromatic carbocycles. The number of piperidine rings is 1. The van der Waals surface area contributed by atoms with Crippen LogP contribution in [-0.4, -0.2) is 42.8 Å². The predicted octanol–water partition coefficient (Wildman–Crippen LogP) is 0.977. The van der Waals surface area contributed by atoms with Crippen molar-refractivity contribution in [3.8, 4) is 0 Å². The minimum atomic E-state index is -3.77. The third-order valence-corrected chi connectivity index (χ3v) is 5.61. The molecule has 0 radical (unpaired) electrons. The van der Waals surface area contributed by atoms with Crippen LogP contribution in [0, 0.1) is 0 Å². The Morgan fingerprint density at radius 2 is 1.88 bits per heavy atom. The first-order valence-electron chi connectivity index (χ1n) is 5.47. The second kappa shape index (κ2) is 4.74. The minimum Gasteiger partial charge on any atom is -0.452 e. The highest BCUT2D eigenvalue weighted by atomic mass is 79.9. The second-order valence-corrected chi connectivity index (χ2v) is 7.25. The number of amides is 1. The fourth-order valence-electron chi connectivity index (χ4n) is 2.66. The molecule has 0 saturated carbocycles. The van der Waals surface area contributed by atoms with E-state index in [-0.39, 0.29) is 12.1 Å². The molecule has 0 spiro atoms. The summed E-state index contributed by atoms with van der Waals surface area (Å²) in [5.74, 6) is 0. The summed E-state index contributed by atoms with van der Waals surface area (Å²) in [5, 5.41) is 0. The number of hydrogen-bond donors (Lipinski definition) is 1. The van der Waals surface area contributed by atoms with Gasteiger partial charge in [0.25, 0.3) is 0 Å². The van der Waals surface area contributed by atoms with E-state index in [0.29, 0.717) is 4.83 Å². The van der Waals surface area contributed by atoms with Crippen LogP contribution in [0.25, 0.3) is 0 Å². The number of rotatable bonds is 2. The standard InChI is InChI=1S/C9H15BrN2O4S/c1-16-9(13)11-17(14,15)12-7-2-3-8(12)5-6(10)4-7/h6-8H,2-5H2,1H3,(H,11,13). The van der Waals surface area contributed by atoms with Crippen LogP contribution in [0.15, 0.2) is 0 Å². The number of nitrogens with one attached hydrogen (secondary N) is 1. The number of halogens is 1. The first kappa shape index (κ1) is 13.1. The number of carbonyl (C=O) groups excluding carboxylic acids is 1. The number of fused-ring (bicyclic) bond motifs is 2. The Balaban J connectivity index is 2.15. The lowest BCUT2D eigenvalue weighted by Gasteiger charge is -2.35. The second-order valence-electron chi connectivity index (χ2n) is 4.38. The van der Waals surface area contributed by atoms with Gasteiger partial charge in [-0.05, 0) is 25.7 Å². The molecule has 1 amide bonds. The van der Waals surface area contributed by atoms with Crippen molar-refractivity contribution in [1.29, 1.82) is 0 Å². The van der Waals surface area contributed by atoms with Crippen molar-refractivity contribution >= 4 is 32.2 Å². The molecule has 2 fully saturated rings. The van der Waals surface area contributed by atoms with E-state index in [1.807, 2.05) is 4.72 Å². The molecule has 1 N–H and O–H groups in total. The van der Waals surface area contributed by atoms with E-state index in [9.17, 15) is 13.2 Å². The van der Waals surface area contributed by atoms with Crippen molar-refractivity contribution in [2.45, 2.75) is 42.6 Å². The van der Waals surface area contributed by atoms with Gasteiger partial charge in [0.15, 0.2) is 0 Å². The summed E-state index contributed by atoms with van der Waals surface area (Å²) in [4.78, 5) is 11.4. The van der Waals surface area contributed by atoms with Crippen LogP contribution in [0.1, 0.15) is 25.7 Å². The molecule has 2 atom stereocenters. The average Bonchev–Trinajstić information content (AvgIpc) is 2.52. The highest BCUT2D eigenvalue weighted by Gasteiger charge is 2.46. The molecule has 2 bridgehead atoms. The van der Waals surface area contributed by atoms with Gasteiger partial charge < -0.3 is 4.74 Å². The Labute approximate surface area is 109 Å². The average molecular weight is 327 g/mol. The molecule has 8 heteroatoms. The lowest BCUT2D eigenvalue weighted by Crippen LogP contribution is -2.52. The smallest absolute Gasteiger partial charge is 0.421 e. The molecule has 2 saturated heterocycles. The molecule has 17 heavy (non-hydrogen) atoms. The zero-order valence-electron chi connectivity index (χ0n) is 9.43. The van der Waals surface area contributed by atoms with E-state index in [1.165, 1.54) is 4.31 Å². The van der Waals surface area contributed by atoms with E-state index in [4.69, 9.17) is 0 Å². The largest absolute Gasteiger partial charge is 0.452 e. The normalized spacial score (nSPS) is 33.4. The van der Waals surface area contributed by atoms with E-state index in [0.717, 1.165) is 32.8 Å². The molecule has 0 aliphatic carbocycles. The summed E-state index contributed by atoms with van der Waals surface area (Å²) in [5.41, 5.74) is 0. The van der Waals surface area contributed by atoms with Gasteiger partial charge >= 0.3 is 16.3 Å². The van der Waals surface area contributed by atoms with Crippen molar-refractivity contribution in [1.82, 2.24) is 9.03 Å². The van der Waals surface area contributed by atoms with Crippen LogP contribution in [0.3, 0.4) is 0 Å². The number of carbonyl (C=O) groups is 1. The van der Waals surface area contributed by atoms with Crippen molar-refractivity contribution < 1.29 is 17.9 Å². The SMILES string of the molecule is COC(=O)NS(=O)(=O)N1C2CCC1CC(Br)C2. The number of nitrogens with zero attached hydrogens (tertiary/aromatic N) is 1. The number of methoxy groups -OCH3 is 1. The van der Waals surface area contributed by atoms with Crippen molar-refractivity contribution in [3.05, 3.63) is 0 Å². The van der Waals surface area contributed by atoms with Gasteiger partial charge in [-0.2, -0.15) is 12.7 Å². The van der Waals surface area contributed by atoms with Crippen LogP contribution in [0.5, 0.6) is 0 Å². The molecule has 2 unspecified atom stereocenters. The van der Waals surface area contributed by atoms with Crippen LogP contribution in [-0.2, 0) is 14.9 Å². The summed E-state index contributed by atoms with van der Waals surface area (Å²) in [7, 11) is -2.62. The Kier molecular flexibility index (Phi) is 3.65. The highest BCUT2D eigenvalue weighted by molar-refractivity contribution is 9.09. The van der Waals surface area contributed by atoms with Gasteiger partial charge in [-0.1, -0.05) is 15.9 Å². The Morgan fingerprint density at radius 1 is 1.35 bits per heavy atom. The van der Waals surface area contributed by atoms with Crippen LogP contribution in [0.4, 0.5) is 4.79 Å². The highest BCUT2D eigenvalue weighted by Crippen LogP contribution is 2.39. The van der Waals surface area contributed by atoms with Crippen LogP contribution in [0.2, 0.25) is 0 Å². The lowest BCUT2D eigenvalue weighted by molar-refractivity contribution is 0.175. The predicted molar refractivity (Wildman–Crippen MR) is 65.1 cm³/mol. The molecule has 6 nitrogen and oxygen atoms in total. The molecule has 2 aliphatic heterocycles. The van der Waals surface area contributed by atoms with E-state index < -0.39 is 16.3 Å². The molecular formula is C9H15BrN2O4S. The molecule has 98 valence electrons. The van der Waals surface area contributed by atoms with Crippen molar-refractivity contribution in [3.63, 3.8) is 0 Å². The fraction of sp³-hybridized carbons (Fsp3) is 0.889. The van der Waals surface area contributed by atoms with Crippen LogP contribution < -0.4 is 4.72 Å². The maximum Gasteiger partial charge on any atom is 0.421 e. The molecule has 0 aromatic heterocycles. The summed E-state index contributed by atoms with van der Waals surface area (Å²) in [6.07, 6.45) is 2.35. The van der Waals surface area contributed by atoms with Crippen LogP contribution >= 0.6 is 15.9 Å². The van der Waals surface area contributed by atoms with Crippen molar-refractivity contribution in [2.24, 2.45) is 0 Å². The maximum atomic E-state index is 12.0. The zero-order chi connectivity index (χ0) is 12.6. The number of ether oxygens (including phenoxy) is 1. The molecule has 0 aromatic rings. The molecule has 2 aliphatic rings. The first-order chi connectivity index (χ1) is 7.94. The Bertz CT molecular complexity index is 399. The topological polar surface area (TPSA) is 75.7 Å². The van der Waals surface area contributed by atoms with Gasteiger partial charge in [-0.25, -0.2) is 9.52 Å². The Morgan fingerprint density at radius 3 is 2.35 bits per heavy atom.